The number of hydrogen-bond acceptors (Lipinski definition) is 4. The molecule has 0 aromatic heterocycles. The lowest BCUT2D eigenvalue weighted by Crippen LogP contribution is -2.46. The lowest BCUT2D eigenvalue weighted by Gasteiger charge is -2.35. The molecule has 142 valence electrons. The number of benzene rings is 1. The summed E-state index contributed by atoms with van der Waals surface area (Å²) in [6.07, 6.45) is 2.65. The number of likely N-dealkylation sites (tertiary alicyclic amines) is 1. The molecule has 1 unspecified atom stereocenters. The van der Waals surface area contributed by atoms with E-state index < -0.39 is 5.97 Å². The van der Waals surface area contributed by atoms with Crippen LogP contribution in [0, 0.1) is 0 Å². The van der Waals surface area contributed by atoms with Crippen molar-refractivity contribution >= 4 is 11.9 Å². The van der Waals surface area contributed by atoms with Gasteiger partial charge in [0.2, 0.25) is 5.91 Å². The van der Waals surface area contributed by atoms with Crippen LogP contribution in [0.4, 0.5) is 0 Å². The maximum absolute atomic E-state index is 12.6. The minimum atomic E-state index is -0.902. The molecule has 6 heteroatoms. The number of carbonyl (C=O) groups is 2. The van der Waals surface area contributed by atoms with Crippen LogP contribution in [0.3, 0.4) is 0 Å². The molecule has 0 spiro atoms. The number of likely N-dealkylation sites (N-methyl/N-ethyl adjacent to an activating group) is 1. The lowest BCUT2D eigenvalue weighted by molar-refractivity contribution is -0.132. The lowest BCUT2D eigenvalue weighted by atomic mass is 9.90. The predicted octanol–water partition coefficient (Wildman–Crippen LogP) is 1.73. The van der Waals surface area contributed by atoms with E-state index in [1.165, 1.54) is 0 Å². The number of amides is 1. The Bertz CT molecular complexity index is 624. The van der Waals surface area contributed by atoms with Gasteiger partial charge in [0.05, 0.1) is 5.56 Å². The van der Waals surface area contributed by atoms with Crippen molar-refractivity contribution in [2.45, 2.75) is 25.2 Å². The summed E-state index contributed by atoms with van der Waals surface area (Å²) in [6.45, 7) is 6.67. The molecule has 1 atom stereocenters. The normalized spacial score (nSPS) is 22.3. The predicted molar refractivity (Wildman–Crippen MR) is 101 cm³/mol. The number of nitrogens with zero attached hydrogens (tertiary/aromatic N) is 3. The number of piperazine rings is 1. The van der Waals surface area contributed by atoms with Crippen LogP contribution >= 0.6 is 0 Å². The highest BCUT2D eigenvalue weighted by Crippen LogP contribution is 2.27. The minimum absolute atomic E-state index is 0.246. The smallest absolute Gasteiger partial charge is 0.335 e. The number of hydrogen-bond donors (Lipinski definition) is 1. The summed E-state index contributed by atoms with van der Waals surface area (Å²) in [5.74, 6) is -0.351. The number of carboxylic acid groups (broad SMARTS) is 1. The van der Waals surface area contributed by atoms with Gasteiger partial charge in [-0.05, 0) is 37.6 Å². The van der Waals surface area contributed by atoms with Crippen LogP contribution < -0.4 is 0 Å². The molecule has 1 amide bonds. The van der Waals surface area contributed by atoms with Gasteiger partial charge in [0, 0.05) is 58.2 Å². The van der Waals surface area contributed by atoms with Gasteiger partial charge in [-0.2, -0.15) is 0 Å². The van der Waals surface area contributed by atoms with Gasteiger partial charge >= 0.3 is 5.97 Å². The molecule has 6 nitrogen and oxygen atoms in total. The molecule has 3 rings (SSSR count). The van der Waals surface area contributed by atoms with Gasteiger partial charge in [0.1, 0.15) is 0 Å². The van der Waals surface area contributed by atoms with Crippen molar-refractivity contribution in [1.29, 1.82) is 0 Å². The van der Waals surface area contributed by atoms with Crippen LogP contribution in [0.5, 0.6) is 0 Å². The van der Waals surface area contributed by atoms with Gasteiger partial charge in [-0.1, -0.05) is 12.1 Å². The third-order valence-corrected chi connectivity index (χ3v) is 5.64. The Morgan fingerprint density at radius 2 is 1.77 bits per heavy atom. The van der Waals surface area contributed by atoms with Gasteiger partial charge < -0.3 is 19.8 Å². The first-order chi connectivity index (χ1) is 12.5. The highest BCUT2D eigenvalue weighted by Gasteiger charge is 2.25. The number of rotatable bonds is 5. The molecule has 1 aromatic rings. The number of carbonyl (C=O) groups excluding carboxylic acids is 1. The Kier molecular flexibility index (Phi) is 6.27. The number of piperidine rings is 1. The zero-order chi connectivity index (χ0) is 18.5. The Hall–Kier alpha value is -1.92. The zero-order valence-corrected chi connectivity index (χ0v) is 15.6. The fourth-order valence-corrected chi connectivity index (χ4v) is 3.86. The summed E-state index contributed by atoms with van der Waals surface area (Å²) in [7, 11) is 2.14. The van der Waals surface area contributed by atoms with Crippen LogP contribution in [-0.4, -0.2) is 84.5 Å². The van der Waals surface area contributed by atoms with E-state index >= 15 is 0 Å². The van der Waals surface area contributed by atoms with E-state index in [0.29, 0.717) is 17.9 Å². The molecular weight excluding hydrogens is 330 g/mol. The molecule has 2 aliphatic rings. The topological polar surface area (TPSA) is 64.1 Å². The summed E-state index contributed by atoms with van der Waals surface area (Å²) in [5, 5.41) is 9.02. The number of aromatic carboxylic acids is 1. The molecule has 2 aliphatic heterocycles. The first-order valence-corrected chi connectivity index (χ1v) is 9.55. The van der Waals surface area contributed by atoms with Crippen LogP contribution in [0.25, 0.3) is 0 Å². The van der Waals surface area contributed by atoms with Gasteiger partial charge in [0.25, 0.3) is 0 Å². The number of carboxylic acids is 1. The summed E-state index contributed by atoms with van der Waals surface area (Å²) >= 11 is 0. The monoisotopic (exact) mass is 359 g/mol. The van der Waals surface area contributed by atoms with E-state index in [1.807, 2.05) is 17.0 Å². The second kappa shape index (κ2) is 8.64. The van der Waals surface area contributed by atoms with Crippen molar-refractivity contribution in [3.63, 3.8) is 0 Å². The minimum Gasteiger partial charge on any atom is -0.478 e. The van der Waals surface area contributed by atoms with Gasteiger partial charge in [-0.15, -0.1) is 0 Å². The van der Waals surface area contributed by atoms with Crippen molar-refractivity contribution in [2.75, 3.05) is 52.9 Å². The molecule has 2 heterocycles. The molecule has 2 saturated heterocycles. The summed E-state index contributed by atoms with van der Waals surface area (Å²) in [4.78, 5) is 30.3. The third-order valence-electron chi connectivity index (χ3n) is 5.64. The van der Waals surface area contributed by atoms with E-state index in [4.69, 9.17) is 5.11 Å². The largest absolute Gasteiger partial charge is 0.478 e. The molecule has 1 N–H and O–H groups in total. The second-order valence-electron chi connectivity index (χ2n) is 7.50. The highest BCUT2D eigenvalue weighted by molar-refractivity contribution is 5.87. The van der Waals surface area contributed by atoms with Crippen LogP contribution in [0.2, 0.25) is 0 Å². The first kappa shape index (κ1) is 18.9. The van der Waals surface area contributed by atoms with Crippen molar-refractivity contribution < 1.29 is 14.7 Å². The van der Waals surface area contributed by atoms with E-state index in [9.17, 15) is 9.59 Å². The van der Waals surface area contributed by atoms with Crippen molar-refractivity contribution in [1.82, 2.24) is 14.7 Å². The molecule has 0 bridgehead atoms. The molecule has 0 saturated carbocycles. The quantitative estimate of drug-likeness (QED) is 0.867. The Labute approximate surface area is 155 Å². The fourth-order valence-electron chi connectivity index (χ4n) is 3.86. The van der Waals surface area contributed by atoms with E-state index in [0.717, 1.165) is 64.2 Å². The maximum Gasteiger partial charge on any atom is 0.335 e. The molecule has 2 fully saturated rings. The summed E-state index contributed by atoms with van der Waals surface area (Å²) in [6, 6.07) is 7.11. The van der Waals surface area contributed by atoms with E-state index in [-0.39, 0.29) is 5.91 Å². The van der Waals surface area contributed by atoms with Gasteiger partial charge in [-0.25, -0.2) is 4.79 Å². The zero-order valence-electron chi connectivity index (χ0n) is 15.6. The van der Waals surface area contributed by atoms with Crippen LogP contribution in [0.15, 0.2) is 24.3 Å². The molecule has 0 radical (unpaired) electrons. The molecule has 26 heavy (non-hydrogen) atoms. The average Bonchev–Trinajstić information content (AvgIpc) is 2.67. The van der Waals surface area contributed by atoms with Crippen molar-refractivity contribution in [2.24, 2.45) is 0 Å². The SMILES string of the molecule is CN1CCN(CCC(=O)N2CCCC(c3ccc(C(=O)O)cc3)C2)CC1. The van der Waals surface area contributed by atoms with Crippen molar-refractivity contribution in [3.05, 3.63) is 35.4 Å². The molecule has 0 aliphatic carbocycles. The van der Waals surface area contributed by atoms with E-state index in [1.54, 1.807) is 12.1 Å². The standard InChI is InChI=1S/C20H29N3O3/c1-21-11-13-22(14-12-21)10-8-19(24)23-9-2-3-18(15-23)16-4-6-17(7-5-16)20(25)26/h4-7,18H,2-3,8-15H2,1H3,(H,25,26). The molecule has 1 aromatic carbocycles. The third kappa shape index (κ3) is 4.83. The first-order valence-electron chi connectivity index (χ1n) is 9.55. The van der Waals surface area contributed by atoms with Crippen molar-refractivity contribution in [3.8, 4) is 0 Å². The van der Waals surface area contributed by atoms with Crippen LogP contribution in [-0.2, 0) is 4.79 Å². The van der Waals surface area contributed by atoms with Gasteiger partial charge in [-0.3, -0.25) is 4.79 Å². The Balaban J connectivity index is 1.51. The van der Waals surface area contributed by atoms with Gasteiger partial charge in [0.15, 0.2) is 0 Å². The van der Waals surface area contributed by atoms with Crippen LogP contribution in [0.1, 0.15) is 41.1 Å². The molecular formula is C20H29N3O3. The Morgan fingerprint density at radius 3 is 2.42 bits per heavy atom. The highest BCUT2D eigenvalue weighted by atomic mass is 16.4. The maximum atomic E-state index is 12.6. The Morgan fingerprint density at radius 1 is 1.08 bits per heavy atom. The average molecular weight is 359 g/mol. The van der Waals surface area contributed by atoms with E-state index in [2.05, 4.69) is 16.8 Å². The summed E-state index contributed by atoms with van der Waals surface area (Å²) in [5.41, 5.74) is 1.44. The summed E-state index contributed by atoms with van der Waals surface area (Å²) < 4.78 is 0. The second-order valence-corrected chi connectivity index (χ2v) is 7.50. The fraction of sp³-hybridized carbons (Fsp3) is 0.600.